The van der Waals surface area contributed by atoms with Crippen LogP contribution in [0.4, 0.5) is 5.13 Å². The van der Waals surface area contributed by atoms with Gasteiger partial charge < -0.3 is 11.1 Å². The molecule has 15 heavy (non-hydrogen) atoms. The first-order valence-electron chi connectivity index (χ1n) is 4.49. The number of rotatable bonds is 3. The Morgan fingerprint density at radius 1 is 1.60 bits per heavy atom. The second kappa shape index (κ2) is 6.05. The summed E-state index contributed by atoms with van der Waals surface area (Å²) in [5.74, 6) is -0.270. The molecule has 1 aromatic heterocycles. The van der Waals surface area contributed by atoms with Crippen LogP contribution < -0.4 is 11.1 Å². The lowest BCUT2D eigenvalue weighted by molar-refractivity contribution is -0.119. The molecule has 3 N–H and O–H groups in total. The summed E-state index contributed by atoms with van der Waals surface area (Å²) in [6.07, 6.45) is 1.73. The number of hydrogen-bond acceptors (Lipinski definition) is 4. The molecule has 2 atom stereocenters. The second-order valence-corrected chi connectivity index (χ2v) is 4.65. The maximum absolute atomic E-state index is 11.5. The molecular weight excluding hydrogens is 234 g/mol. The maximum atomic E-state index is 11.5. The average Bonchev–Trinajstić information content (AvgIpc) is 2.49. The summed E-state index contributed by atoms with van der Waals surface area (Å²) in [6.45, 7) is 5.57. The van der Waals surface area contributed by atoms with Gasteiger partial charge in [-0.25, -0.2) is 4.98 Å². The van der Waals surface area contributed by atoms with Crippen molar-refractivity contribution in [3.8, 4) is 0 Å². The van der Waals surface area contributed by atoms with Crippen LogP contribution in [0.15, 0.2) is 6.20 Å². The van der Waals surface area contributed by atoms with Crippen LogP contribution in [-0.4, -0.2) is 16.9 Å². The molecule has 1 amide bonds. The van der Waals surface area contributed by atoms with Gasteiger partial charge in [0.15, 0.2) is 5.13 Å². The van der Waals surface area contributed by atoms with Crippen molar-refractivity contribution in [2.75, 3.05) is 5.32 Å². The smallest absolute Gasteiger partial charge is 0.230 e. The first-order valence-corrected chi connectivity index (χ1v) is 5.31. The van der Waals surface area contributed by atoms with Gasteiger partial charge in [-0.1, -0.05) is 6.92 Å². The molecule has 0 saturated heterocycles. The van der Waals surface area contributed by atoms with Crippen molar-refractivity contribution < 1.29 is 4.79 Å². The van der Waals surface area contributed by atoms with Crippen LogP contribution in [0.25, 0.3) is 0 Å². The summed E-state index contributed by atoms with van der Waals surface area (Å²) in [4.78, 5) is 16.7. The SMILES string of the molecule is Cc1cnc(NC(=O)C(C)C(C)N)s1.Cl. The van der Waals surface area contributed by atoms with Crippen LogP contribution in [-0.2, 0) is 4.79 Å². The van der Waals surface area contributed by atoms with E-state index < -0.39 is 0 Å². The van der Waals surface area contributed by atoms with Gasteiger partial charge in [-0.2, -0.15) is 0 Å². The number of hydrogen-bond donors (Lipinski definition) is 2. The molecule has 6 heteroatoms. The monoisotopic (exact) mass is 249 g/mol. The predicted octanol–water partition coefficient (Wildman–Crippen LogP) is 1.80. The van der Waals surface area contributed by atoms with Gasteiger partial charge in [0, 0.05) is 17.1 Å². The normalized spacial score (nSPS) is 13.9. The van der Waals surface area contributed by atoms with Crippen LogP contribution in [0.1, 0.15) is 18.7 Å². The van der Waals surface area contributed by atoms with Crippen LogP contribution in [0.2, 0.25) is 0 Å². The number of aromatic nitrogens is 1. The van der Waals surface area contributed by atoms with E-state index in [9.17, 15) is 4.79 Å². The van der Waals surface area contributed by atoms with Gasteiger partial charge >= 0.3 is 0 Å². The highest BCUT2D eigenvalue weighted by Crippen LogP contribution is 2.17. The Balaban J connectivity index is 0.00000196. The van der Waals surface area contributed by atoms with Gasteiger partial charge in [-0.3, -0.25) is 4.79 Å². The van der Waals surface area contributed by atoms with E-state index in [2.05, 4.69) is 10.3 Å². The Morgan fingerprint density at radius 2 is 2.20 bits per heavy atom. The minimum absolute atomic E-state index is 0. The average molecular weight is 250 g/mol. The van der Waals surface area contributed by atoms with E-state index in [0.717, 1.165) is 4.88 Å². The number of anilines is 1. The van der Waals surface area contributed by atoms with Crippen LogP contribution in [0, 0.1) is 12.8 Å². The fraction of sp³-hybridized carbons (Fsp3) is 0.556. The number of carbonyl (C=O) groups is 1. The quantitative estimate of drug-likeness (QED) is 0.858. The zero-order valence-corrected chi connectivity index (χ0v) is 10.6. The molecule has 0 spiro atoms. The fourth-order valence-corrected chi connectivity index (χ4v) is 1.54. The second-order valence-electron chi connectivity index (χ2n) is 3.41. The topological polar surface area (TPSA) is 68.0 Å². The molecule has 2 unspecified atom stereocenters. The largest absolute Gasteiger partial charge is 0.327 e. The number of aryl methyl sites for hydroxylation is 1. The molecule has 4 nitrogen and oxygen atoms in total. The van der Waals surface area contributed by atoms with E-state index in [-0.39, 0.29) is 30.3 Å². The summed E-state index contributed by atoms with van der Waals surface area (Å²) in [5, 5.41) is 3.37. The Morgan fingerprint density at radius 3 is 2.60 bits per heavy atom. The first kappa shape index (κ1) is 14.3. The first-order chi connectivity index (χ1) is 6.50. The number of halogens is 1. The summed E-state index contributed by atoms with van der Waals surface area (Å²) < 4.78 is 0. The molecule has 0 saturated carbocycles. The van der Waals surface area contributed by atoms with E-state index in [1.807, 2.05) is 13.8 Å². The Labute approximate surface area is 99.7 Å². The van der Waals surface area contributed by atoms with Gasteiger partial charge in [0.25, 0.3) is 0 Å². The highest BCUT2D eigenvalue weighted by Gasteiger charge is 2.17. The minimum atomic E-state index is -0.195. The molecule has 0 aliphatic rings. The van der Waals surface area contributed by atoms with E-state index in [1.54, 1.807) is 13.1 Å². The molecule has 0 fully saturated rings. The third-order valence-corrected chi connectivity index (χ3v) is 2.88. The Bertz CT molecular complexity index is 327. The lowest BCUT2D eigenvalue weighted by Crippen LogP contribution is -2.34. The predicted molar refractivity (Wildman–Crippen MR) is 65.5 cm³/mol. The third kappa shape index (κ3) is 4.15. The van der Waals surface area contributed by atoms with Gasteiger partial charge in [0.05, 0.1) is 5.92 Å². The van der Waals surface area contributed by atoms with Crippen molar-refractivity contribution >= 4 is 34.8 Å². The number of nitrogens with two attached hydrogens (primary N) is 1. The third-order valence-electron chi connectivity index (χ3n) is 2.05. The van der Waals surface area contributed by atoms with Gasteiger partial charge in [0.2, 0.25) is 5.91 Å². The fourth-order valence-electron chi connectivity index (χ4n) is 0.871. The molecule has 0 aromatic carbocycles. The molecule has 0 aliphatic carbocycles. The van der Waals surface area contributed by atoms with E-state index >= 15 is 0 Å². The Hall–Kier alpha value is -0.650. The summed E-state index contributed by atoms with van der Waals surface area (Å²) >= 11 is 1.46. The lowest BCUT2D eigenvalue weighted by atomic mass is 10.0. The van der Waals surface area contributed by atoms with E-state index in [4.69, 9.17) is 5.73 Å². The minimum Gasteiger partial charge on any atom is -0.327 e. The highest BCUT2D eigenvalue weighted by atomic mass is 35.5. The van der Waals surface area contributed by atoms with Crippen molar-refractivity contribution in [3.63, 3.8) is 0 Å². The summed E-state index contributed by atoms with van der Waals surface area (Å²) in [7, 11) is 0. The lowest BCUT2D eigenvalue weighted by Gasteiger charge is -2.13. The molecule has 1 heterocycles. The van der Waals surface area contributed by atoms with Crippen LogP contribution in [0.3, 0.4) is 0 Å². The number of amides is 1. The zero-order valence-electron chi connectivity index (χ0n) is 8.98. The number of nitrogens with zero attached hydrogens (tertiary/aromatic N) is 1. The highest BCUT2D eigenvalue weighted by molar-refractivity contribution is 7.15. The molecule has 0 aliphatic heterocycles. The van der Waals surface area contributed by atoms with E-state index in [0.29, 0.717) is 5.13 Å². The van der Waals surface area contributed by atoms with E-state index in [1.165, 1.54) is 11.3 Å². The maximum Gasteiger partial charge on any atom is 0.230 e. The van der Waals surface area contributed by atoms with Crippen LogP contribution in [0.5, 0.6) is 0 Å². The van der Waals surface area contributed by atoms with Crippen molar-refractivity contribution in [2.24, 2.45) is 11.7 Å². The van der Waals surface area contributed by atoms with Crippen molar-refractivity contribution in [1.82, 2.24) is 4.98 Å². The Kier molecular flexibility index (Phi) is 5.79. The molecule has 0 bridgehead atoms. The summed E-state index contributed by atoms with van der Waals surface area (Å²) in [6, 6.07) is -0.143. The van der Waals surface area contributed by atoms with Crippen LogP contribution >= 0.6 is 23.7 Å². The van der Waals surface area contributed by atoms with Gasteiger partial charge in [-0.15, -0.1) is 23.7 Å². The van der Waals surface area contributed by atoms with Crippen molar-refractivity contribution in [1.29, 1.82) is 0 Å². The zero-order chi connectivity index (χ0) is 10.7. The molecule has 1 rings (SSSR count). The number of carbonyl (C=O) groups excluding carboxylic acids is 1. The molecule has 0 radical (unpaired) electrons. The number of thiazole rings is 1. The molecule has 1 aromatic rings. The standard InChI is InChI=1S/C9H15N3OS.ClH/c1-5-4-11-9(14-5)12-8(13)6(2)7(3)10;/h4,6-7H,10H2,1-3H3,(H,11,12,13);1H. The van der Waals surface area contributed by atoms with Crippen molar-refractivity contribution in [2.45, 2.75) is 26.8 Å². The molecular formula is C9H16ClN3OS. The summed E-state index contributed by atoms with van der Waals surface area (Å²) in [5.41, 5.74) is 5.62. The van der Waals surface area contributed by atoms with Gasteiger partial charge in [0.1, 0.15) is 0 Å². The molecule has 86 valence electrons. The number of nitrogens with one attached hydrogen (secondary N) is 1. The van der Waals surface area contributed by atoms with Gasteiger partial charge in [-0.05, 0) is 13.8 Å². The van der Waals surface area contributed by atoms with Crippen molar-refractivity contribution in [3.05, 3.63) is 11.1 Å².